The maximum absolute atomic E-state index is 13.9. The van der Waals surface area contributed by atoms with E-state index in [9.17, 15) is 4.79 Å². The summed E-state index contributed by atoms with van der Waals surface area (Å²) in [5, 5.41) is 9.62. The molecule has 7 heteroatoms. The topological polar surface area (TPSA) is 76.8 Å². The molecule has 1 fully saturated rings. The monoisotopic (exact) mass is 454 g/mol. The quantitative estimate of drug-likeness (QED) is 0.437. The zero-order valence-corrected chi connectivity index (χ0v) is 20.0. The van der Waals surface area contributed by atoms with Crippen molar-refractivity contribution in [3.8, 4) is 5.69 Å². The maximum atomic E-state index is 13.9. The molecule has 0 saturated carbocycles. The molecule has 5 rings (SSSR count). The predicted molar refractivity (Wildman–Crippen MR) is 132 cm³/mol. The van der Waals surface area contributed by atoms with Crippen LogP contribution >= 0.6 is 0 Å². The Balaban J connectivity index is 1.41. The summed E-state index contributed by atoms with van der Waals surface area (Å²) in [6.07, 6.45) is 8.89. The minimum atomic E-state index is 0.0441. The number of rotatable bonds is 5. The fourth-order valence-corrected chi connectivity index (χ4v) is 5.07. The largest absolute Gasteiger partial charge is 0.335 e. The van der Waals surface area contributed by atoms with E-state index in [1.807, 2.05) is 43.5 Å². The highest BCUT2D eigenvalue weighted by molar-refractivity contribution is 5.98. The molecule has 0 radical (unpaired) electrons. The van der Waals surface area contributed by atoms with Crippen molar-refractivity contribution in [2.75, 3.05) is 6.54 Å². The number of fused-ring (bicyclic) bond motifs is 1. The summed E-state index contributed by atoms with van der Waals surface area (Å²) >= 11 is 0. The van der Waals surface area contributed by atoms with E-state index in [2.05, 4.69) is 40.0 Å². The van der Waals surface area contributed by atoms with Gasteiger partial charge in [0.2, 0.25) is 0 Å². The maximum Gasteiger partial charge on any atom is 0.256 e. The van der Waals surface area contributed by atoms with Crippen LogP contribution in [0.4, 0.5) is 0 Å². The molecule has 1 amide bonds. The second-order valence-corrected chi connectivity index (χ2v) is 9.36. The second-order valence-electron chi connectivity index (χ2n) is 9.36. The highest BCUT2D eigenvalue weighted by Gasteiger charge is 2.33. The molecule has 34 heavy (non-hydrogen) atoms. The van der Waals surface area contributed by atoms with E-state index in [0.717, 1.165) is 54.5 Å². The molecule has 174 valence electrons. The van der Waals surface area contributed by atoms with Crippen LogP contribution in [-0.4, -0.2) is 48.4 Å². The van der Waals surface area contributed by atoms with Gasteiger partial charge in [-0.2, -0.15) is 15.0 Å². The van der Waals surface area contributed by atoms with E-state index in [4.69, 9.17) is 4.98 Å². The molecule has 3 heterocycles. The van der Waals surface area contributed by atoms with Gasteiger partial charge >= 0.3 is 0 Å². The summed E-state index contributed by atoms with van der Waals surface area (Å²) in [5.74, 6) is 1.29. The van der Waals surface area contributed by atoms with Crippen LogP contribution in [0.15, 0.2) is 55.0 Å². The molecule has 1 aliphatic heterocycles. The van der Waals surface area contributed by atoms with E-state index in [1.54, 1.807) is 12.4 Å². The van der Waals surface area contributed by atoms with E-state index in [-0.39, 0.29) is 11.9 Å². The molecular formula is C27H30N6O. The van der Waals surface area contributed by atoms with Gasteiger partial charge in [0, 0.05) is 30.6 Å². The molecular weight excluding hydrogens is 424 g/mol. The number of aromatic nitrogens is 5. The molecule has 0 bridgehead atoms. The lowest BCUT2D eigenvalue weighted by Crippen LogP contribution is -2.48. The Kier molecular flexibility index (Phi) is 6.09. The van der Waals surface area contributed by atoms with Gasteiger partial charge in [0.15, 0.2) is 0 Å². The molecule has 0 spiro atoms. The average Bonchev–Trinajstić information content (AvgIpc) is 3.37. The fourth-order valence-electron chi connectivity index (χ4n) is 5.07. The molecule has 1 saturated heterocycles. The zero-order chi connectivity index (χ0) is 23.7. The van der Waals surface area contributed by atoms with Crippen LogP contribution in [0.25, 0.3) is 16.6 Å². The Morgan fingerprint density at radius 1 is 1.12 bits per heavy atom. The van der Waals surface area contributed by atoms with Crippen LogP contribution in [0, 0.1) is 19.8 Å². The van der Waals surface area contributed by atoms with Gasteiger partial charge in [-0.25, -0.2) is 9.97 Å². The first-order valence-electron chi connectivity index (χ1n) is 12.0. The minimum absolute atomic E-state index is 0.0441. The molecule has 7 nitrogen and oxygen atoms in total. The summed E-state index contributed by atoms with van der Waals surface area (Å²) in [4.78, 5) is 26.9. The Morgan fingerprint density at radius 3 is 2.76 bits per heavy atom. The van der Waals surface area contributed by atoms with Crippen molar-refractivity contribution in [3.05, 3.63) is 77.5 Å². The lowest BCUT2D eigenvalue weighted by Gasteiger charge is -2.40. The summed E-state index contributed by atoms with van der Waals surface area (Å²) in [6, 6.07) is 12.2. The Bertz CT molecular complexity index is 1320. The normalized spacial score (nSPS) is 18.4. The minimum Gasteiger partial charge on any atom is -0.335 e. The van der Waals surface area contributed by atoms with Gasteiger partial charge in [-0.1, -0.05) is 30.7 Å². The van der Waals surface area contributed by atoms with E-state index < -0.39 is 0 Å². The van der Waals surface area contributed by atoms with Crippen molar-refractivity contribution < 1.29 is 4.79 Å². The zero-order valence-electron chi connectivity index (χ0n) is 20.0. The number of nitrogens with zero attached hydrogens (tertiary/aromatic N) is 6. The van der Waals surface area contributed by atoms with Crippen LogP contribution in [0.3, 0.4) is 0 Å². The van der Waals surface area contributed by atoms with E-state index in [0.29, 0.717) is 17.2 Å². The number of carbonyl (C=O) groups excluding carboxylic acids is 1. The van der Waals surface area contributed by atoms with Gasteiger partial charge in [-0.3, -0.25) is 4.79 Å². The van der Waals surface area contributed by atoms with Gasteiger partial charge in [0.1, 0.15) is 5.82 Å². The first-order valence-corrected chi connectivity index (χ1v) is 12.0. The third-order valence-corrected chi connectivity index (χ3v) is 6.95. The number of amides is 1. The van der Waals surface area contributed by atoms with Crippen LogP contribution in [0.1, 0.15) is 53.5 Å². The molecule has 2 atom stereocenters. The number of carbonyl (C=O) groups is 1. The Labute approximate surface area is 199 Å². The molecule has 2 aromatic carbocycles. The number of aryl methyl sites for hydroxylation is 3. The van der Waals surface area contributed by atoms with Crippen molar-refractivity contribution >= 4 is 16.8 Å². The second kappa shape index (κ2) is 9.33. The van der Waals surface area contributed by atoms with Crippen LogP contribution in [0.2, 0.25) is 0 Å². The first-order chi connectivity index (χ1) is 16.5. The lowest BCUT2D eigenvalue weighted by atomic mass is 9.87. The summed E-state index contributed by atoms with van der Waals surface area (Å²) in [7, 11) is 0. The Morgan fingerprint density at radius 2 is 1.94 bits per heavy atom. The fraction of sp³-hybridized carbons (Fsp3) is 0.370. The third-order valence-electron chi connectivity index (χ3n) is 6.95. The van der Waals surface area contributed by atoms with Gasteiger partial charge in [0.25, 0.3) is 5.91 Å². The van der Waals surface area contributed by atoms with Crippen molar-refractivity contribution in [3.63, 3.8) is 0 Å². The standard InChI is InChI=1S/C27H30N6O/c1-18-9-10-25(33-29-13-14-30-33)21(16-18)27(34)32-15-5-7-20(3)24(32)11-12-26-28-17-22-19(2)6-4-8-23(22)31-26/h4,6,8-10,13-14,16-17,20,24H,5,7,11-12,15H2,1-3H3/t20-,24-/m1/s1. The van der Waals surface area contributed by atoms with E-state index >= 15 is 0 Å². The van der Waals surface area contributed by atoms with Crippen LogP contribution < -0.4 is 0 Å². The van der Waals surface area contributed by atoms with Crippen molar-refractivity contribution in [1.82, 2.24) is 29.9 Å². The molecule has 2 aromatic heterocycles. The SMILES string of the molecule is Cc1ccc(-n2nccn2)c(C(=O)N2CCC[C@@H](C)[C@H]2CCc2ncc3c(C)cccc3n2)c1. The number of likely N-dealkylation sites (tertiary alicyclic amines) is 1. The lowest BCUT2D eigenvalue weighted by molar-refractivity contribution is 0.0498. The highest BCUT2D eigenvalue weighted by Crippen LogP contribution is 2.29. The van der Waals surface area contributed by atoms with Gasteiger partial charge in [-0.05, 0) is 62.8 Å². The third kappa shape index (κ3) is 4.30. The summed E-state index contributed by atoms with van der Waals surface area (Å²) in [5.41, 5.74) is 4.56. The van der Waals surface area contributed by atoms with Gasteiger partial charge in [0.05, 0.1) is 29.2 Å². The average molecular weight is 455 g/mol. The molecule has 1 aliphatic rings. The number of hydrogen-bond acceptors (Lipinski definition) is 5. The van der Waals surface area contributed by atoms with Crippen molar-refractivity contribution in [1.29, 1.82) is 0 Å². The van der Waals surface area contributed by atoms with E-state index in [1.165, 1.54) is 10.4 Å². The summed E-state index contributed by atoms with van der Waals surface area (Å²) < 4.78 is 0. The van der Waals surface area contributed by atoms with Crippen LogP contribution in [0.5, 0.6) is 0 Å². The van der Waals surface area contributed by atoms with Gasteiger partial charge < -0.3 is 4.90 Å². The molecule has 0 aliphatic carbocycles. The highest BCUT2D eigenvalue weighted by atomic mass is 16.2. The summed E-state index contributed by atoms with van der Waals surface area (Å²) in [6.45, 7) is 7.09. The molecule has 0 N–H and O–H groups in total. The predicted octanol–water partition coefficient (Wildman–Crippen LogP) is 4.70. The molecule has 0 unspecified atom stereocenters. The molecule has 4 aromatic rings. The first kappa shape index (κ1) is 22.2. The van der Waals surface area contributed by atoms with Gasteiger partial charge in [-0.15, -0.1) is 0 Å². The number of hydrogen-bond donors (Lipinski definition) is 0. The Hall–Kier alpha value is -3.61. The number of benzene rings is 2. The smallest absolute Gasteiger partial charge is 0.256 e. The van der Waals surface area contributed by atoms with Crippen molar-refractivity contribution in [2.24, 2.45) is 5.92 Å². The number of piperidine rings is 1. The van der Waals surface area contributed by atoms with Crippen LogP contribution in [-0.2, 0) is 6.42 Å². The van der Waals surface area contributed by atoms with Crippen molar-refractivity contribution in [2.45, 2.75) is 52.5 Å².